The van der Waals surface area contributed by atoms with Gasteiger partial charge in [-0.05, 0) is 36.1 Å². The zero-order valence-corrected chi connectivity index (χ0v) is 12.3. The van der Waals surface area contributed by atoms with Crippen LogP contribution in [0.15, 0.2) is 47.6 Å². The minimum Gasteiger partial charge on any atom is -0.493 e. The van der Waals surface area contributed by atoms with Crippen molar-refractivity contribution in [2.75, 3.05) is 14.2 Å². The highest BCUT2D eigenvalue weighted by molar-refractivity contribution is 6.13. The summed E-state index contributed by atoms with van der Waals surface area (Å²) < 4.78 is 10.6. The maximum atomic E-state index is 12.5. The molecule has 3 nitrogen and oxygen atoms in total. The van der Waals surface area contributed by atoms with Gasteiger partial charge in [-0.15, -0.1) is 0 Å². The van der Waals surface area contributed by atoms with Crippen molar-refractivity contribution in [1.82, 2.24) is 0 Å². The van der Waals surface area contributed by atoms with Crippen LogP contribution in [0.1, 0.15) is 28.8 Å². The first-order chi connectivity index (χ1) is 10.2. The van der Waals surface area contributed by atoms with Crippen LogP contribution in [0.2, 0.25) is 0 Å². The Balaban J connectivity index is 1.96. The van der Waals surface area contributed by atoms with Crippen LogP contribution in [-0.2, 0) is 6.42 Å². The molecule has 0 saturated carbocycles. The second-order valence-corrected chi connectivity index (χ2v) is 5.25. The number of carbonyl (C=O) groups excluding carboxylic acids is 1. The Hall–Kier alpha value is -2.29. The van der Waals surface area contributed by atoms with E-state index in [0.717, 1.165) is 29.5 Å². The lowest BCUT2D eigenvalue weighted by Gasteiger charge is -2.08. The van der Waals surface area contributed by atoms with Crippen molar-refractivity contribution in [3.63, 3.8) is 0 Å². The average Bonchev–Trinajstić information content (AvgIpc) is 2.82. The minimum absolute atomic E-state index is 0.0985. The highest BCUT2D eigenvalue weighted by atomic mass is 16.5. The van der Waals surface area contributed by atoms with E-state index in [9.17, 15) is 4.79 Å². The van der Waals surface area contributed by atoms with Crippen LogP contribution in [-0.4, -0.2) is 20.0 Å². The predicted molar refractivity (Wildman–Crippen MR) is 82.1 cm³/mol. The number of hydrogen-bond donors (Lipinski definition) is 0. The molecule has 3 rings (SSSR count). The summed E-state index contributed by atoms with van der Waals surface area (Å²) in [5.74, 6) is 1.37. The van der Waals surface area contributed by atoms with E-state index in [1.807, 2.05) is 12.1 Å². The molecule has 108 valence electrons. The van der Waals surface area contributed by atoms with Crippen LogP contribution >= 0.6 is 0 Å². The number of rotatable bonds is 3. The summed E-state index contributed by atoms with van der Waals surface area (Å²) in [7, 11) is 3.19. The fraction of sp³-hybridized carbons (Fsp3) is 0.278. The van der Waals surface area contributed by atoms with Gasteiger partial charge in [0.25, 0.3) is 0 Å². The summed E-state index contributed by atoms with van der Waals surface area (Å²) in [5, 5.41) is 0. The number of ketones is 1. The van der Waals surface area contributed by atoms with Crippen molar-refractivity contribution >= 4 is 5.78 Å². The molecular formula is C18H18O3. The zero-order valence-electron chi connectivity index (χ0n) is 12.3. The number of allylic oxidation sites excluding steroid dienone is 6. The van der Waals surface area contributed by atoms with E-state index >= 15 is 0 Å². The first kappa shape index (κ1) is 13.7. The molecule has 0 aromatic heterocycles. The Morgan fingerprint density at radius 2 is 1.90 bits per heavy atom. The van der Waals surface area contributed by atoms with Gasteiger partial charge < -0.3 is 9.47 Å². The summed E-state index contributed by atoms with van der Waals surface area (Å²) in [5.41, 5.74) is 3.80. The zero-order chi connectivity index (χ0) is 14.8. The topological polar surface area (TPSA) is 35.5 Å². The van der Waals surface area contributed by atoms with E-state index in [2.05, 4.69) is 18.2 Å². The van der Waals surface area contributed by atoms with Crippen molar-refractivity contribution in [2.45, 2.75) is 19.3 Å². The van der Waals surface area contributed by atoms with Crippen LogP contribution in [0.3, 0.4) is 0 Å². The number of fused-ring (bicyclic) bond motifs is 1. The lowest BCUT2D eigenvalue weighted by Crippen LogP contribution is -1.98. The van der Waals surface area contributed by atoms with Crippen LogP contribution in [0.5, 0.6) is 11.5 Å². The first-order valence-electron chi connectivity index (χ1n) is 7.09. The van der Waals surface area contributed by atoms with Gasteiger partial charge in [0.2, 0.25) is 0 Å². The normalized spacial score (nSPS) is 18.7. The molecule has 0 saturated heterocycles. The third-order valence-electron chi connectivity index (χ3n) is 3.93. The van der Waals surface area contributed by atoms with Crippen LogP contribution < -0.4 is 9.47 Å². The number of methoxy groups -OCH3 is 2. The van der Waals surface area contributed by atoms with Crippen LogP contribution in [0, 0.1) is 0 Å². The standard InChI is InChI=1S/C18H18O3/c1-20-16-10-13-9-14(8-12-6-4-3-5-7-12)18(19)15(13)11-17(16)21-2/h3-4,6,8,10-11H,5,7,9H2,1-2H3. The summed E-state index contributed by atoms with van der Waals surface area (Å²) in [6, 6.07) is 3.69. The smallest absolute Gasteiger partial charge is 0.189 e. The highest BCUT2D eigenvalue weighted by Crippen LogP contribution is 2.37. The van der Waals surface area contributed by atoms with Gasteiger partial charge in [0.15, 0.2) is 17.3 Å². The maximum Gasteiger partial charge on any atom is 0.189 e. The largest absolute Gasteiger partial charge is 0.493 e. The third-order valence-corrected chi connectivity index (χ3v) is 3.93. The molecule has 0 bridgehead atoms. The molecule has 1 aromatic rings. The van der Waals surface area contributed by atoms with E-state index in [1.165, 1.54) is 5.57 Å². The summed E-state index contributed by atoms with van der Waals surface area (Å²) in [6.07, 6.45) is 11.0. The number of ether oxygens (including phenoxy) is 2. The summed E-state index contributed by atoms with van der Waals surface area (Å²) in [4.78, 5) is 12.5. The molecule has 2 aliphatic carbocycles. The molecule has 0 atom stereocenters. The van der Waals surface area contributed by atoms with Gasteiger partial charge in [0, 0.05) is 17.6 Å². The van der Waals surface area contributed by atoms with E-state index in [-0.39, 0.29) is 5.78 Å². The van der Waals surface area contributed by atoms with Crippen molar-refractivity contribution in [1.29, 1.82) is 0 Å². The lowest BCUT2D eigenvalue weighted by atomic mass is 10.0. The number of Topliss-reactive ketones (excluding diaryl/α,β-unsaturated/α-hetero) is 1. The molecule has 0 unspecified atom stereocenters. The Bertz CT molecular complexity index is 678. The molecule has 3 heteroatoms. The van der Waals surface area contributed by atoms with Gasteiger partial charge >= 0.3 is 0 Å². The van der Waals surface area contributed by atoms with Gasteiger partial charge in [-0.3, -0.25) is 4.79 Å². The molecule has 0 spiro atoms. The Morgan fingerprint density at radius 1 is 1.14 bits per heavy atom. The maximum absolute atomic E-state index is 12.5. The van der Waals surface area contributed by atoms with Gasteiger partial charge in [-0.1, -0.05) is 24.3 Å². The first-order valence-corrected chi connectivity index (χ1v) is 7.09. The SMILES string of the molecule is COc1cc2c(cc1OC)C(=O)C(=CC1=CC=CCC1)C2. The van der Waals surface area contributed by atoms with E-state index < -0.39 is 0 Å². The second kappa shape index (κ2) is 5.60. The molecule has 0 aliphatic heterocycles. The minimum atomic E-state index is 0.0985. The number of carbonyl (C=O) groups is 1. The molecule has 0 radical (unpaired) electrons. The molecule has 0 heterocycles. The molecule has 2 aliphatic rings. The van der Waals surface area contributed by atoms with Crippen molar-refractivity contribution in [2.24, 2.45) is 0 Å². The second-order valence-electron chi connectivity index (χ2n) is 5.25. The van der Waals surface area contributed by atoms with Gasteiger partial charge in [0.1, 0.15) is 0 Å². The van der Waals surface area contributed by atoms with E-state index in [1.54, 1.807) is 20.3 Å². The lowest BCUT2D eigenvalue weighted by molar-refractivity contribution is 0.103. The van der Waals surface area contributed by atoms with E-state index in [4.69, 9.17) is 9.47 Å². The fourth-order valence-electron chi connectivity index (χ4n) is 2.82. The monoisotopic (exact) mass is 282 g/mol. The summed E-state index contributed by atoms with van der Waals surface area (Å²) in [6.45, 7) is 0. The molecule has 0 fully saturated rings. The summed E-state index contributed by atoms with van der Waals surface area (Å²) >= 11 is 0. The molecule has 0 N–H and O–H groups in total. The van der Waals surface area contributed by atoms with Crippen molar-refractivity contribution < 1.29 is 14.3 Å². The Labute approximate surface area is 124 Å². The van der Waals surface area contributed by atoms with Crippen LogP contribution in [0.25, 0.3) is 0 Å². The number of benzene rings is 1. The Kier molecular flexibility index (Phi) is 3.65. The average molecular weight is 282 g/mol. The Morgan fingerprint density at radius 3 is 2.57 bits per heavy atom. The molecule has 1 aromatic carbocycles. The van der Waals surface area contributed by atoms with Crippen molar-refractivity contribution in [3.05, 3.63) is 58.7 Å². The molecular weight excluding hydrogens is 264 g/mol. The number of hydrogen-bond acceptors (Lipinski definition) is 3. The molecule has 21 heavy (non-hydrogen) atoms. The highest BCUT2D eigenvalue weighted by Gasteiger charge is 2.27. The van der Waals surface area contributed by atoms with E-state index in [0.29, 0.717) is 17.9 Å². The van der Waals surface area contributed by atoms with Crippen LogP contribution in [0.4, 0.5) is 0 Å². The third kappa shape index (κ3) is 2.51. The van der Waals surface area contributed by atoms with Crippen molar-refractivity contribution in [3.8, 4) is 11.5 Å². The fourth-order valence-corrected chi connectivity index (χ4v) is 2.82. The predicted octanol–water partition coefficient (Wildman–Crippen LogP) is 3.65. The quantitative estimate of drug-likeness (QED) is 0.794. The van der Waals surface area contributed by atoms with Gasteiger partial charge in [-0.25, -0.2) is 0 Å². The van der Waals surface area contributed by atoms with Gasteiger partial charge in [-0.2, -0.15) is 0 Å². The molecule has 0 amide bonds. The van der Waals surface area contributed by atoms with Gasteiger partial charge in [0.05, 0.1) is 14.2 Å².